The van der Waals surface area contributed by atoms with Gasteiger partial charge in [-0.05, 0) is 71.7 Å². The van der Waals surface area contributed by atoms with Gasteiger partial charge in [-0.1, -0.05) is 121 Å². The van der Waals surface area contributed by atoms with Crippen LogP contribution in [0.15, 0.2) is 151 Å². The van der Waals surface area contributed by atoms with Crippen molar-refractivity contribution in [2.75, 3.05) is 13.7 Å². The molecule has 3 aromatic heterocycles. The van der Waals surface area contributed by atoms with Crippen LogP contribution in [0.5, 0.6) is 0 Å². The number of likely N-dealkylation sites (N-methyl/N-ethyl adjacent to an activating group) is 1. The zero-order chi connectivity index (χ0) is 39.9. The molecule has 6 heterocycles. The van der Waals surface area contributed by atoms with Gasteiger partial charge in [-0.3, -0.25) is 0 Å². The lowest BCUT2D eigenvalue weighted by atomic mass is 9.95. The topological polar surface area (TPSA) is 96.1 Å². The molecule has 7 aromatic rings. The van der Waals surface area contributed by atoms with Crippen LogP contribution in [0.3, 0.4) is 0 Å². The van der Waals surface area contributed by atoms with Crippen LogP contribution in [0.2, 0.25) is 0 Å². The molecule has 59 heavy (non-hydrogen) atoms. The summed E-state index contributed by atoms with van der Waals surface area (Å²) in [5.41, 5.74) is 15.6. The van der Waals surface area contributed by atoms with Crippen LogP contribution in [0.25, 0.3) is 90.9 Å². The van der Waals surface area contributed by atoms with Gasteiger partial charge in [0.15, 0.2) is 0 Å². The van der Waals surface area contributed by atoms with Crippen molar-refractivity contribution in [2.24, 2.45) is 0 Å². The van der Waals surface area contributed by atoms with Gasteiger partial charge in [-0.2, -0.15) is 0 Å². The number of rotatable bonds is 7. The number of hydroxylamine groups is 2. The van der Waals surface area contributed by atoms with E-state index in [2.05, 4.69) is 125 Å². The molecule has 10 rings (SSSR count). The Kier molecular flexibility index (Phi) is 9.16. The van der Waals surface area contributed by atoms with Crippen molar-refractivity contribution in [2.45, 2.75) is 13.0 Å². The van der Waals surface area contributed by atoms with E-state index >= 15 is 0 Å². The molecule has 0 amide bonds. The minimum atomic E-state index is -0.606. The molecule has 0 saturated heterocycles. The van der Waals surface area contributed by atoms with Crippen molar-refractivity contribution >= 4 is 52.3 Å². The van der Waals surface area contributed by atoms with Crippen LogP contribution in [0.4, 0.5) is 0 Å². The number of hydrogen-bond donors (Lipinski definition) is 2. The van der Waals surface area contributed by atoms with E-state index in [1.165, 1.54) is 6.26 Å². The fourth-order valence-electron chi connectivity index (χ4n) is 8.36. The molecule has 2 N–H and O–H groups in total. The first kappa shape index (κ1) is 35.8. The summed E-state index contributed by atoms with van der Waals surface area (Å²) in [6, 6.07) is 47.1. The number of aromatic amines is 2. The standard InChI is InChI=1S/C51H39N5O3/c1-3-58-51(57)37-31-59-56(2)50(37)36-30-44-47(34-20-12-6-13-21-34)42-27-26-40(53-42)45(32-16-8-4-9-17-32)38-24-25-39(52-38)46(33-18-10-5-11-19-33)41-28-29-43(54-41)48(49(36)55-44)35-22-14-7-15-23-35/h4-31,50,52,55H,3H2,1-2H3. The Balaban J connectivity index is 1.42. The summed E-state index contributed by atoms with van der Waals surface area (Å²) in [5, 5.41) is 1.70. The molecule has 3 aliphatic heterocycles. The largest absolute Gasteiger partial charge is 0.462 e. The van der Waals surface area contributed by atoms with Gasteiger partial charge in [-0.25, -0.2) is 14.8 Å². The Labute approximate surface area is 341 Å². The van der Waals surface area contributed by atoms with E-state index in [0.29, 0.717) is 5.57 Å². The minimum Gasteiger partial charge on any atom is -0.462 e. The Morgan fingerprint density at radius 2 is 1.02 bits per heavy atom. The van der Waals surface area contributed by atoms with E-state index in [0.717, 1.165) is 94.9 Å². The van der Waals surface area contributed by atoms with Crippen LogP contribution in [-0.4, -0.2) is 44.6 Å². The van der Waals surface area contributed by atoms with Gasteiger partial charge >= 0.3 is 5.97 Å². The van der Waals surface area contributed by atoms with Gasteiger partial charge in [0.1, 0.15) is 12.3 Å². The maximum absolute atomic E-state index is 13.6. The number of carbonyl (C=O) groups is 1. The van der Waals surface area contributed by atoms with Crippen LogP contribution in [0, 0.1) is 0 Å². The monoisotopic (exact) mass is 769 g/mol. The summed E-state index contributed by atoms with van der Waals surface area (Å²) >= 11 is 0. The third-order valence-corrected chi connectivity index (χ3v) is 11.0. The Morgan fingerprint density at radius 1 is 0.593 bits per heavy atom. The summed E-state index contributed by atoms with van der Waals surface area (Å²) in [6.45, 7) is 2.04. The van der Waals surface area contributed by atoms with Crippen molar-refractivity contribution in [1.82, 2.24) is 25.0 Å². The quantitative estimate of drug-likeness (QED) is 0.157. The number of fused-ring (bicyclic) bond motifs is 8. The summed E-state index contributed by atoms with van der Waals surface area (Å²) in [4.78, 5) is 38.2. The summed E-state index contributed by atoms with van der Waals surface area (Å²) < 4.78 is 5.58. The SMILES string of the molecule is CCOC(=O)C1=CON(C)C1c1cc2[nH]c1c(-c1ccccc1)c1nc(c(-c3ccccc3)c3ccc([nH]3)c(-c3ccccc3)c3nc(c2-c2ccccc2)C=C3)C=C1. The summed E-state index contributed by atoms with van der Waals surface area (Å²) in [7, 11) is 1.83. The first-order valence-electron chi connectivity index (χ1n) is 19.7. The van der Waals surface area contributed by atoms with Crippen LogP contribution >= 0.6 is 0 Å². The lowest BCUT2D eigenvalue weighted by Gasteiger charge is -2.20. The van der Waals surface area contributed by atoms with Crippen molar-refractivity contribution in [1.29, 1.82) is 0 Å². The Bertz CT molecular complexity index is 3000. The van der Waals surface area contributed by atoms with Crippen LogP contribution < -0.4 is 0 Å². The van der Waals surface area contributed by atoms with Crippen molar-refractivity contribution in [3.05, 3.63) is 180 Å². The Hall–Kier alpha value is -7.55. The predicted molar refractivity (Wildman–Crippen MR) is 237 cm³/mol. The molecule has 0 saturated carbocycles. The molecule has 1 unspecified atom stereocenters. The highest BCUT2D eigenvalue weighted by atomic mass is 16.7. The number of aromatic nitrogens is 4. The van der Waals surface area contributed by atoms with Crippen LogP contribution in [0.1, 0.15) is 41.3 Å². The van der Waals surface area contributed by atoms with Crippen molar-refractivity contribution in [3.8, 4) is 44.5 Å². The number of H-pyrrole nitrogens is 2. The number of hydrogen-bond acceptors (Lipinski definition) is 6. The first-order chi connectivity index (χ1) is 29.1. The minimum absolute atomic E-state index is 0.237. The van der Waals surface area contributed by atoms with E-state index in [1.54, 1.807) is 12.0 Å². The Morgan fingerprint density at radius 3 is 1.47 bits per heavy atom. The molecule has 8 bridgehead atoms. The number of nitrogens with zero attached hydrogens (tertiary/aromatic N) is 3. The maximum atomic E-state index is 13.6. The number of nitrogens with one attached hydrogen (secondary N) is 2. The first-order valence-corrected chi connectivity index (χ1v) is 19.7. The fraction of sp³-hybridized carbons (Fsp3) is 0.0784. The predicted octanol–water partition coefficient (Wildman–Crippen LogP) is 11.7. The van der Waals surface area contributed by atoms with E-state index in [1.807, 2.05) is 55.6 Å². The lowest BCUT2D eigenvalue weighted by molar-refractivity contribution is -0.139. The molecule has 1 atom stereocenters. The van der Waals surface area contributed by atoms with E-state index < -0.39 is 12.0 Å². The molecule has 0 radical (unpaired) electrons. The molecule has 8 nitrogen and oxygen atoms in total. The number of ether oxygens (including phenoxy) is 1. The second-order valence-corrected chi connectivity index (χ2v) is 14.5. The average Bonchev–Trinajstić information content (AvgIpc) is 4.14. The van der Waals surface area contributed by atoms with E-state index in [-0.39, 0.29) is 6.61 Å². The molecule has 8 heteroatoms. The van der Waals surface area contributed by atoms with Crippen molar-refractivity contribution in [3.63, 3.8) is 0 Å². The molecule has 0 fully saturated rings. The van der Waals surface area contributed by atoms with Gasteiger partial charge in [-0.15, -0.1) is 5.06 Å². The maximum Gasteiger partial charge on any atom is 0.339 e. The number of esters is 1. The highest BCUT2D eigenvalue weighted by molar-refractivity contribution is 6.01. The normalized spacial score (nSPS) is 14.6. The third kappa shape index (κ3) is 6.45. The zero-order valence-corrected chi connectivity index (χ0v) is 32.5. The van der Waals surface area contributed by atoms with Gasteiger partial charge < -0.3 is 19.5 Å². The van der Waals surface area contributed by atoms with Crippen LogP contribution in [-0.2, 0) is 14.4 Å². The summed E-state index contributed by atoms with van der Waals surface area (Å²) in [5.74, 6) is -0.435. The highest BCUT2D eigenvalue weighted by Crippen LogP contribution is 2.44. The molecule has 0 aliphatic carbocycles. The molecular formula is C51H39N5O3. The van der Waals surface area contributed by atoms with Gasteiger partial charge in [0.25, 0.3) is 0 Å². The smallest absolute Gasteiger partial charge is 0.339 e. The third-order valence-electron chi connectivity index (χ3n) is 11.0. The number of benzene rings is 4. The highest BCUT2D eigenvalue weighted by Gasteiger charge is 2.36. The van der Waals surface area contributed by atoms with E-state index in [4.69, 9.17) is 19.5 Å². The second-order valence-electron chi connectivity index (χ2n) is 14.5. The number of carbonyl (C=O) groups excluding carboxylic acids is 1. The van der Waals surface area contributed by atoms with Gasteiger partial charge in [0, 0.05) is 51.4 Å². The molecule has 0 spiro atoms. The van der Waals surface area contributed by atoms with E-state index in [9.17, 15) is 4.79 Å². The summed E-state index contributed by atoms with van der Waals surface area (Å²) in [6.07, 6.45) is 9.85. The zero-order valence-electron chi connectivity index (χ0n) is 32.5. The van der Waals surface area contributed by atoms with Gasteiger partial charge in [0.2, 0.25) is 0 Å². The fourth-order valence-corrected chi connectivity index (χ4v) is 8.36. The second kappa shape index (κ2) is 15.1. The molecular weight excluding hydrogens is 731 g/mol. The average molecular weight is 770 g/mol. The molecule has 3 aliphatic rings. The molecule has 4 aromatic carbocycles. The lowest BCUT2D eigenvalue weighted by Crippen LogP contribution is -2.22. The van der Waals surface area contributed by atoms with Gasteiger partial charge in [0.05, 0.1) is 40.5 Å². The molecule has 286 valence electrons. The van der Waals surface area contributed by atoms with Crippen molar-refractivity contribution < 1.29 is 14.4 Å².